The van der Waals surface area contributed by atoms with Gasteiger partial charge in [-0.25, -0.2) is 0 Å². The number of hydrogen-bond donors (Lipinski definition) is 1. The fourth-order valence-electron chi connectivity index (χ4n) is 2.38. The van der Waals surface area contributed by atoms with Crippen molar-refractivity contribution in [2.24, 2.45) is 5.92 Å². The summed E-state index contributed by atoms with van der Waals surface area (Å²) in [6, 6.07) is 9.46. The molecule has 0 bridgehead atoms. The lowest BCUT2D eigenvalue weighted by molar-refractivity contribution is -0.141. The molecule has 2 rings (SSSR count). The van der Waals surface area contributed by atoms with E-state index in [1.54, 1.807) is 12.2 Å². The SMILES string of the molecule is COC(=O)C[C@H]1CC=CC(=O)C1=C(O)/C=C/c1ccccc1. The molecule has 0 spiro atoms. The maximum atomic E-state index is 12.0. The number of ether oxygens (including phenoxy) is 1. The van der Waals surface area contributed by atoms with Gasteiger partial charge in [0, 0.05) is 11.5 Å². The summed E-state index contributed by atoms with van der Waals surface area (Å²) in [5, 5.41) is 10.2. The molecule has 1 atom stereocenters. The second-order valence-corrected chi connectivity index (χ2v) is 5.02. The molecular formula is C18H18O4. The van der Waals surface area contributed by atoms with Crippen molar-refractivity contribution in [3.8, 4) is 0 Å². The van der Waals surface area contributed by atoms with Crippen molar-refractivity contribution in [3.05, 3.63) is 65.5 Å². The maximum Gasteiger partial charge on any atom is 0.306 e. The number of esters is 1. The molecule has 1 aromatic rings. The van der Waals surface area contributed by atoms with Gasteiger partial charge in [0.2, 0.25) is 0 Å². The normalized spacial score (nSPS) is 20.2. The van der Waals surface area contributed by atoms with Crippen LogP contribution in [0, 0.1) is 5.92 Å². The van der Waals surface area contributed by atoms with Gasteiger partial charge in [-0.3, -0.25) is 9.59 Å². The lowest BCUT2D eigenvalue weighted by Crippen LogP contribution is -2.20. The number of carbonyl (C=O) groups excluding carboxylic acids is 2. The average molecular weight is 298 g/mol. The third-order valence-corrected chi connectivity index (χ3v) is 3.51. The zero-order valence-corrected chi connectivity index (χ0v) is 12.4. The molecule has 4 nitrogen and oxygen atoms in total. The lowest BCUT2D eigenvalue weighted by Gasteiger charge is -2.20. The van der Waals surface area contributed by atoms with E-state index in [4.69, 9.17) is 0 Å². The van der Waals surface area contributed by atoms with Crippen LogP contribution in [0.25, 0.3) is 6.08 Å². The largest absolute Gasteiger partial charge is 0.508 e. The first kappa shape index (κ1) is 15.8. The summed E-state index contributed by atoms with van der Waals surface area (Å²) in [5.74, 6) is -1.13. The van der Waals surface area contributed by atoms with Gasteiger partial charge in [-0.1, -0.05) is 42.5 Å². The van der Waals surface area contributed by atoms with Crippen LogP contribution < -0.4 is 0 Å². The highest BCUT2D eigenvalue weighted by Crippen LogP contribution is 2.28. The molecule has 0 fully saturated rings. The summed E-state index contributed by atoms with van der Waals surface area (Å²) in [4.78, 5) is 23.5. The number of allylic oxidation sites excluding steroid dienone is 4. The number of carbonyl (C=O) groups is 2. The van der Waals surface area contributed by atoms with Crippen LogP contribution in [0.4, 0.5) is 0 Å². The first-order valence-corrected chi connectivity index (χ1v) is 7.05. The Balaban J connectivity index is 2.26. The van der Waals surface area contributed by atoms with Gasteiger partial charge in [0.15, 0.2) is 5.78 Å². The fourth-order valence-corrected chi connectivity index (χ4v) is 2.38. The summed E-state index contributed by atoms with van der Waals surface area (Å²) in [5.41, 5.74) is 1.18. The molecular weight excluding hydrogens is 280 g/mol. The van der Waals surface area contributed by atoms with E-state index in [1.165, 1.54) is 19.3 Å². The van der Waals surface area contributed by atoms with E-state index >= 15 is 0 Å². The van der Waals surface area contributed by atoms with Crippen LogP contribution in [0.5, 0.6) is 0 Å². The van der Waals surface area contributed by atoms with Crippen LogP contribution in [0.1, 0.15) is 18.4 Å². The first-order chi connectivity index (χ1) is 10.6. The molecule has 4 heteroatoms. The van der Waals surface area contributed by atoms with Crippen molar-refractivity contribution < 1.29 is 19.4 Å². The molecule has 0 amide bonds. The predicted molar refractivity (Wildman–Crippen MR) is 84.0 cm³/mol. The van der Waals surface area contributed by atoms with Crippen LogP contribution in [0.3, 0.4) is 0 Å². The summed E-state index contributed by atoms with van der Waals surface area (Å²) in [7, 11) is 1.31. The van der Waals surface area contributed by atoms with Crippen molar-refractivity contribution in [3.63, 3.8) is 0 Å². The molecule has 0 radical (unpaired) electrons. The highest BCUT2D eigenvalue weighted by molar-refractivity contribution is 6.06. The summed E-state index contributed by atoms with van der Waals surface area (Å²) in [6.07, 6.45) is 6.96. The van der Waals surface area contributed by atoms with E-state index in [2.05, 4.69) is 4.74 Å². The highest BCUT2D eigenvalue weighted by atomic mass is 16.5. The third-order valence-electron chi connectivity index (χ3n) is 3.51. The molecule has 1 aliphatic rings. The Morgan fingerprint density at radius 1 is 1.36 bits per heavy atom. The van der Waals surface area contributed by atoms with Crippen molar-refractivity contribution in [2.75, 3.05) is 7.11 Å². The molecule has 0 aliphatic heterocycles. The minimum Gasteiger partial charge on any atom is -0.508 e. The van der Waals surface area contributed by atoms with E-state index in [-0.39, 0.29) is 29.5 Å². The van der Waals surface area contributed by atoms with Crippen molar-refractivity contribution >= 4 is 17.8 Å². The molecule has 1 N–H and O–H groups in total. The number of rotatable bonds is 4. The molecule has 0 heterocycles. The quantitative estimate of drug-likeness (QED) is 0.526. The van der Waals surface area contributed by atoms with Crippen LogP contribution >= 0.6 is 0 Å². The van der Waals surface area contributed by atoms with E-state index in [9.17, 15) is 14.7 Å². The number of aliphatic hydroxyl groups is 1. The van der Waals surface area contributed by atoms with Crippen molar-refractivity contribution in [2.45, 2.75) is 12.8 Å². The zero-order chi connectivity index (χ0) is 15.9. The minimum atomic E-state index is -0.398. The van der Waals surface area contributed by atoms with Crippen LogP contribution in [-0.2, 0) is 14.3 Å². The van der Waals surface area contributed by atoms with Crippen molar-refractivity contribution in [1.82, 2.24) is 0 Å². The second-order valence-electron chi connectivity index (χ2n) is 5.02. The average Bonchev–Trinajstić information content (AvgIpc) is 2.53. The van der Waals surface area contributed by atoms with Gasteiger partial charge in [0.25, 0.3) is 0 Å². The molecule has 22 heavy (non-hydrogen) atoms. The van der Waals surface area contributed by atoms with E-state index < -0.39 is 5.97 Å². The van der Waals surface area contributed by atoms with Gasteiger partial charge >= 0.3 is 5.97 Å². The predicted octanol–water partition coefficient (Wildman–Crippen LogP) is 3.22. The summed E-state index contributed by atoms with van der Waals surface area (Å²) >= 11 is 0. The third kappa shape index (κ3) is 3.95. The molecule has 0 saturated carbocycles. The van der Waals surface area contributed by atoms with Crippen LogP contribution in [0.2, 0.25) is 0 Å². The summed E-state index contributed by atoms with van der Waals surface area (Å²) < 4.78 is 4.65. The highest BCUT2D eigenvalue weighted by Gasteiger charge is 2.27. The topological polar surface area (TPSA) is 63.6 Å². The van der Waals surface area contributed by atoms with Gasteiger partial charge in [0.1, 0.15) is 5.76 Å². The maximum absolute atomic E-state index is 12.0. The number of methoxy groups -OCH3 is 1. The molecule has 0 aromatic heterocycles. The van der Waals surface area contributed by atoms with E-state index in [0.717, 1.165) is 5.56 Å². The van der Waals surface area contributed by atoms with E-state index in [1.807, 2.05) is 30.3 Å². The van der Waals surface area contributed by atoms with Gasteiger partial charge < -0.3 is 9.84 Å². The standard InChI is InChI=1S/C18H18O4/c1-22-17(21)12-14-8-5-9-15(19)18(14)16(20)11-10-13-6-3-2-4-7-13/h2-7,9-11,14,20H,8,12H2,1H3/b11-10+,18-16?/t14-/m1/s1. The van der Waals surface area contributed by atoms with Crippen LogP contribution in [-0.4, -0.2) is 24.0 Å². The number of hydrogen-bond acceptors (Lipinski definition) is 4. The molecule has 0 saturated heterocycles. The van der Waals surface area contributed by atoms with Gasteiger partial charge in [0.05, 0.1) is 13.5 Å². The van der Waals surface area contributed by atoms with Gasteiger partial charge in [-0.15, -0.1) is 0 Å². The smallest absolute Gasteiger partial charge is 0.306 e. The Hall–Kier alpha value is -2.62. The Morgan fingerprint density at radius 2 is 2.09 bits per heavy atom. The zero-order valence-electron chi connectivity index (χ0n) is 12.4. The van der Waals surface area contributed by atoms with Gasteiger partial charge in [-0.2, -0.15) is 0 Å². The minimum absolute atomic E-state index is 0.0746. The molecule has 114 valence electrons. The lowest BCUT2D eigenvalue weighted by atomic mass is 9.84. The first-order valence-electron chi connectivity index (χ1n) is 7.05. The second kappa shape index (κ2) is 7.41. The Labute approximate surface area is 129 Å². The number of aliphatic hydroxyl groups excluding tert-OH is 1. The Kier molecular flexibility index (Phi) is 5.31. The van der Waals surface area contributed by atoms with Crippen molar-refractivity contribution in [1.29, 1.82) is 0 Å². The Morgan fingerprint density at radius 3 is 2.77 bits per heavy atom. The van der Waals surface area contributed by atoms with E-state index in [0.29, 0.717) is 6.42 Å². The Bertz CT molecular complexity index is 638. The molecule has 0 unspecified atom stereocenters. The molecule has 1 aromatic carbocycles. The molecule has 1 aliphatic carbocycles. The van der Waals surface area contributed by atoms with Crippen LogP contribution in [0.15, 0.2) is 59.9 Å². The number of ketones is 1. The monoisotopic (exact) mass is 298 g/mol. The fraction of sp³-hybridized carbons (Fsp3) is 0.222. The van der Waals surface area contributed by atoms with Gasteiger partial charge in [-0.05, 0) is 24.1 Å². The number of benzene rings is 1. The summed E-state index contributed by atoms with van der Waals surface area (Å²) in [6.45, 7) is 0.